The van der Waals surface area contributed by atoms with Crippen LogP contribution in [-0.4, -0.2) is 64.9 Å². The predicted molar refractivity (Wildman–Crippen MR) is 102 cm³/mol. The Morgan fingerprint density at radius 3 is 2.84 bits per heavy atom. The molecule has 0 amide bonds. The lowest BCUT2D eigenvalue weighted by Crippen LogP contribution is -3.14. The number of quaternary nitrogens is 1. The third kappa shape index (κ3) is 6.85. The van der Waals surface area contributed by atoms with Gasteiger partial charge in [0.25, 0.3) is 0 Å². The third-order valence-corrected chi connectivity index (χ3v) is 4.24. The zero-order valence-corrected chi connectivity index (χ0v) is 15.7. The van der Waals surface area contributed by atoms with Gasteiger partial charge in [0.1, 0.15) is 24.6 Å². The molecule has 1 aromatic carbocycles. The van der Waals surface area contributed by atoms with Crippen molar-refractivity contribution in [3.05, 3.63) is 23.8 Å². The first-order valence-electron chi connectivity index (χ1n) is 8.43. The van der Waals surface area contributed by atoms with Crippen LogP contribution in [0.3, 0.4) is 0 Å². The molecule has 1 fully saturated rings. The van der Waals surface area contributed by atoms with Gasteiger partial charge in [0.15, 0.2) is 5.11 Å². The first-order valence-corrected chi connectivity index (χ1v) is 8.84. The van der Waals surface area contributed by atoms with Gasteiger partial charge in [-0.3, -0.25) is 5.43 Å². The first-order chi connectivity index (χ1) is 12.2. The van der Waals surface area contributed by atoms with Crippen LogP contribution in [0.5, 0.6) is 11.5 Å². The van der Waals surface area contributed by atoms with Crippen LogP contribution < -0.4 is 25.1 Å². The van der Waals surface area contributed by atoms with Gasteiger partial charge in [0.05, 0.1) is 40.2 Å². The molecular formula is C17H27N4O3S+. The summed E-state index contributed by atoms with van der Waals surface area (Å²) in [4.78, 5) is 1.59. The van der Waals surface area contributed by atoms with Crippen molar-refractivity contribution >= 4 is 23.5 Å². The molecule has 0 saturated carbocycles. The van der Waals surface area contributed by atoms with Gasteiger partial charge < -0.3 is 24.4 Å². The average Bonchev–Trinajstić information content (AvgIpc) is 2.66. The summed E-state index contributed by atoms with van der Waals surface area (Å²) in [5, 5.41) is 7.83. The Hall–Kier alpha value is -1.90. The first kappa shape index (κ1) is 19.4. The highest BCUT2D eigenvalue weighted by atomic mass is 32.1. The highest BCUT2D eigenvalue weighted by Crippen LogP contribution is 2.22. The van der Waals surface area contributed by atoms with Gasteiger partial charge in [0, 0.05) is 24.6 Å². The highest BCUT2D eigenvalue weighted by Gasteiger charge is 2.12. The number of rotatable bonds is 8. The summed E-state index contributed by atoms with van der Waals surface area (Å²) in [6, 6.07) is 5.55. The summed E-state index contributed by atoms with van der Waals surface area (Å²) in [6.07, 6.45) is 2.73. The van der Waals surface area contributed by atoms with Crippen molar-refractivity contribution < 1.29 is 19.1 Å². The maximum atomic E-state index is 5.36. The second-order valence-electron chi connectivity index (χ2n) is 5.70. The lowest BCUT2D eigenvalue weighted by molar-refractivity contribution is -0.908. The van der Waals surface area contributed by atoms with Gasteiger partial charge in [-0.1, -0.05) is 0 Å². The molecule has 0 aromatic heterocycles. The minimum atomic E-state index is 0.515. The number of nitrogens with zero attached hydrogens (tertiary/aromatic N) is 1. The Bertz CT molecular complexity index is 577. The molecule has 25 heavy (non-hydrogen) atoms. The lowest BCUT2D eigenvalue weighted by atomic mass is 10.2. The monoisotopic (exact) mass is 367 g/mol. The van der Waals surface area contributed by atoms with E-state index >= 15 is 0 Å². The van der Waals surface area contributed by atoms with Gasteiger partial charge in [0.2, 0.25) is 0 Å². The van der Waals surface area contributed by atoms with Gasteiger partial charge in [-0.2, -0.15) is 5.10 Å². The SMILES string of the molecule is COc1ccc(/C=N\NC(=S)NCCC[NH+]2CCOCC2)c(OC)c1. The van der Waals surface area contributed by atoms with Crippen molar-refractivity contribution in [1.82, 2.24) is 10.7 Å². The fourth-order valence-corrected chi connectivity index (χ4v) is 2.73. The highest BCUT2D eigenvalue weighted by molar-refractivity contribution is 7.80. The smallest absolute Gasteiger partial charge is 0.186 e. The number of morpholine rings is 1. The summed E-state index contributed by atoms with van der Waals surface area (Å²) in [6.45, 7) is 5.88. The van der Waals surface area contributed by atoms with Crippen LogP contribution in [0.15, 0.2) is 23.3 Å². The Balaban J connectivity index is 1.67. The van der Waals surface area contributed by atoms with Crippen LogP contribution in [-0.2, 0) is 4.74 Å². The fourth-order valence-electron chi connectivity index (χ4n) is 2.58. The number of nitrogens with one attached hydrogen (secondary N) is 3. The van der Waals surface area contributed by atoms with Crippen molar-refractivity contribution in [3.63, 3.8) is 0 Å². The van der Waals surface area contributed by atoms with E-state index < -0.39 is 0 Å². The number of hydrazone groups is 1. The Morgan fingerprint density at radius 1 is 1.32 bits per heavy atom. The van der Waals surface area contributed by atoms with Crippen molar-refractivity contribution in [2.24, 2.45) is 5.10 Å². The Morgan fingerprint density at radius 2 is 2.12 bits per heavy atom. The van der Waals surface area contributed by atoms with E-state index in [0.29, 0.717) is 10.9 Å². The molecule has 0 spiro atoms. The molecule has 1 heterocycles. The number of methoxy groups -OCH3 is 2. The molecule has 0 aliphatic carbocycles. The van der Waals surface area contributed by atoms with Gasteiger partial charge in [-0.05, 0) is 24.4 Å². The normalized spacial score (nSPS) is 15.1. The van der Waals surface area contributed by atoms with E-state index in [9.17, 15) is 0 Å². The van der Waals surface area contributed by atoms with Crippen molar-refractivity contribution in [1.29, 1.82) is 0 Å². The molecule has 1 saturated heterocycles. The lowest BCUT2D eigenvalue weighted by Gasteiger charge is -2.23. The van der Waals surface area contributed by atoms with E-state index in [2.05, 4.69) is 15.8 Å². The van der Waals surface area contributed by atoms with Gasteiger partial charge >= 0.3 is 0 Å². The summed E-state index contributed by atoms with van der Waals surface area (Å²) in [5.41, 5.74) is 3.67. The number of hydrogen-bond acceptors (Lipinski definition) is 5. The maximum Gasteiger partial charge on any atom is 0.186 e. The van der Waals surface area contributed by atoms with E-state index in [1.807, 2.05) is 18.2 Å². The molecular weight excluding hydrogens is 340 g/mol. The molecule has 0 unspecified atom stereocenters. The molecule has 1 aliphatic rings. The fraction of sp³-hybridized carbons (Fsp3) is 0.529. The van der Waals surface area contributed by atoms with Crippen molar-refractivity contribution in [2.75, 3.05) is 53.6 Å². The molecule has 1 aromatic rings. The third-order valence-electron chi connectivity index (χ3n) is 4.00. The quantitative estimate of drug-likeness (QED) is 0.256. The second kappa shape index (κ2) is 10.9. The molecule has 0 bridgehead atoms. The summed E-state index contributed by atoms with van der Waals surface area (Å²) in [5.74, 6) is 1.43. The van der Waals surface area contributed by atoms with Crippen molar-refractivity contribution in [3.8, 4) is 11.5 Å². The van der Waals surface area contributed by atoms with E-state index in [0.717, 1.165) is 57.1 Å². The zero-order valence-electron chi connectivity index (χ0n) is 14.8. The van der Waals surface area contributed by atoms with Crippen LogP contribution >= 0.6 is 12.2 Å². The van der Waals surface area contributed by atoms with Crippen LogP contribution in [0, 0.1) is 0 Å². The van der Waals surface area contributed by atoms with Crippen LogP contribution in [0.25, 0.3) is 0 Å². The number of thiocarbonyl (C=S) groups is 1. The standard InChI is InChI=1S/C17H26N4O3S/c1-22-15-5-4-14(16(12-15)23-2)13-19-20-17(25)18-6-3-7-21-8-10-24-11-9-21/h4-5,12-13H,3,6-11H2,1-2H3,(H2,18,20,25)/p+1/b19-13-. The number of ether oxygens (including phenoxy) is 3. The van der Waals surface area contributed by atoms with Gasteiger partial charge in [-0.25, -0.2) is 0 Å². The van der Waals surface area contributed by atoms with Crippen LogP contribution in [0.2, 0.25) is 0 Å². The Labute approximate surface area is 154 Å². The molecule has 3 N–H and O–H groups in total. The zero-order chi connectivity index (χ0) is 17.9. The van der Waals surface area contributed by atoms with Crippen molar-refractivity contribution in [2.45, 2.75) is 6.42 Å². The minimum absolute atomic E-state index is 0.515. The summed E-state index contributed by atoms with van der Waals surface area (Å²) in [7, 11) is 3.23. The molecule has 0 radical (unpaired) electrons. The topological polar surface area (TPSA) is 68.5 Å². The molecule has 1 aliphatic heterocycles. The average molecular weight is 367 g/mol. The minimum Gasteiger partial charge on any atom is -0.497 e. The second-order valence-corrected chi connectivity index (χ2v) is 6.11. The number of hydrogen-bond donors (Lipinski definition) is 3. The predicted octanol–water partition coefficient (Wildman–Crippen LogP) is -0.193. The summed E-state index contributed by atoms with van der Waals surface area (Å²) >= 11 is 5.23. The molecule has 0 atom stereocenters. The van der Waals surface area contributed by atoms with Crippen LogP contribution in [0.4, 0.5) is 0 Å². The number of benzene rings is 1. The molecule has 2 rings (SSSR count). The molecule has 8 heteroatoms. The van der Waals surface area contributed by atoms with E-state index in [-0.39, 0.29) is 0 Å². The van der Waals surface area contributed by atoms with E-state index in [1.54, 1.807) is 25.3 Å². The van der Waals surface area contributed by atoms with E-state index in [4.69, 9.17) is 26.4 Å². The van der Waals surface area contributed by atoms with Gasteiger partial charge in [-0.15, -0.1) is 0 Å². The van der Waals surface area contributed by atoms with Crippen LogP contribution in [0.1, 0.15) is 12.0 Å². The molecule has 7 nitrogen and oxygen atoms in total. The Kier molecular flexibility index (Phi) is 8.44. The molecule has 138 valence electrons. The largest absolute Gasteiger partial charge is 0.497 e. The maximum absolute atomic E-state index is 5.36. The summed E-state index contributed by atoms with van der Waals surface area (Å²) < 4.78 is 15.9. The van der Waals surface area contributed by atoms with E-state index in [1.165, 1.54) is 0 Å².